The molecule has 0 bridgehead atoms. The lowest BCUT2D eigenvalue weighted by molar-refractivity contribution is -0.153. The summed E-state index contributed by atoms with van der Waals surface area (Å²) in [5.41, 5.74) is -0.786. The minimum Gasteiger partial charge on any atom is -0.481 e. The van der Waals surface area contributed by atoms with Crippen LogP contribution in [0.4, 0.5) is 0 Å². The normalized spacial score (nSPS) is 30.1. The Morgan fingerprint density at radius 1 is 1.22 bits per heavy atom. The molecule has 0 aromatic carbocycles. The van der Waals surface area contributed by atoms with E-state index >= 15 is 0 Å². The highest BCUT2D eigenvalue weighted by atomic mass is 16.4. The van der Waals surface area contributed by atoms with E-state index < -0.39 is 11.4 Å². The van der Waals surface area contributed by atoms with Crippen LogP contribution in [0.3, 0.4) is 0 Å². The Morgan fingerprint density at radius 2 is 1.87 bits per heavy atom. The maximum Gasteiger partial charge on any atom is 0.314 e. The van der Waals surface area contributed by atoms with Crippen LogP contribution in [-0.2, 0) is 4.79 Å². The van der Waals surface area contributed by atoms with Crippen LogP contribution >= 0.6 is 0 Å². The molecule has 130 valence electrons. The van der Waals surface area contributed by atoms with E-state index in [4.69, 9.17) is 0 Å². The predicted octanol–water partition coefficient (Wildman–Crippen LogP) is 4.36. The van der Waals surface area contributed by atoms with Gasteiger partial charge < -0.3 is 10.0 Å². The Bertz CT molecular complexity index is 462. The Morgan fingerprint density at radius 3 is 2.43 bits per heavy atom. The van der Waals surface area contributed by atoms with Crippen molar-refractivity contribution in [2.75, 3.05) is 13.6 Å². The van der Waals surface area contributed by atoms with Crippen LogP contribution in [0, 0.1) is 23.2 Å². The van der Waals surface area contributed by atoms with Crippen LogP contribution in [0.2, 0.25) is 0 Å². The SMILES string of the molecule is CC(C)C1C=CC=CC1(C(=O)O)C(C)CN(C)C1CCCCC1. The monoisotopic (exact) mass is 319 g/mol. The van der Waals surface area contributed by atoms with Gasteiger partial charge in [0.1, 0.15) is 0 Å². The quantitative estimate of drug-likeness (QED) is 0.791. The Balaban J connectivity index is 2.17. The molecule has 0 heterocycles. The van der Waals surface area contributed by atoms with Crippen molar-refractivity contribution in [3.8, 4) is 0 Å². The van der Waals surface area contributed by atoms with E-state index in [1.807, 2.05) is 18.2 Å². The first-order valence-corrected chi connectivity index (χ1v) is 9.19. The maximum absolute atomic E-state index is 12.3. The fraction of sp³-hybridized carbons (Fsp3) is 0.750. The van der Waals surface area contributed by atoms with Crippen molar-refractivity contribution in [3.05, 3.63) is 24.3 Å². The Hall–Kier alpha value is -1.09. The maximum atomic E-state index is 12.3. The highest BCUT2D eigenvalue weighted by Gasteiger charge is 2.49. The van der Waals surface area contributed by atoms with Gasteiger partial charge in [-0.05, 0) is 37.6 Å². The molecule has 0 amide bonds. The van der Waals surface area contributed by atoms with Crippen molar-refractivity contribution in [2.24, 2.45) is 23.2 Å². The summed E-state index contributed by atoms with van der Waals surface area (Å²) >= 11 is 0. The second-order valence-electron chi connectivity index (χ2n) is 7.88. The first-order chi connectivity index (χ1) is 10.9. The van der Waals surface area contributed by atoms with E-state index in [-0.39, 0.29) is 11.8 Å². The van der Waals surface area contributed by atoms with E-state index in [0.717, 1.165) is 6.54 Å². The van der Waals surface area contributed by atoms with Gasteiger partial charge in [-0.3, -0.25) is 4.79 Å². The zero-order chi connectivity index (χ0) is 17.0. The average molecular weight is 319 g/mol. The van der Waals surface area contributed by atoms with Crippen LogP contribution in [-0.4, -0.2) is 35.6 Å². The van der Waals surface area contributed by atoms with Crippen LogP contribution in [0.1, 0.15) is 52.9 Å². The van der Waals surface area contributed by atoms with Gasteiger partial charge in [-0.25, -0.2) is 0 Å². The highest BCUT2D eigenvalue weighted by Crippen LogP contribution is 2.45. The van der Waals surface area contributed by atoms with E-state index in [0.29, 0.717) is 12.0 Å². The number of carboxylic acids is 1. The van der Waals surface area contributed by atoms with Crippen molar-refractivity contribution >= 4 is 5.97 Å². The summed E-state index contributed by atoms with van der Waals surface area (Å²) in [6.07, 6.45) is 14.4. The van der Waals surface area contributed by atoms with Crippen LogP contribution in [0.15, 0.2) is 24.3 Å². The number of carboxylic acid groups (broad SMARTS) is 1. The summed E-state index contributed by atoms with van der Waals surface area (Å²) in [7, 11) is 2.18. The molecule has 3 nitrogen and oxygen atoms in total. The van der Waals surface area contributed by atoms with Crippen LogP contribution < -0.4 is 0 Å². The average Bonchev–Trinajstić information content (AvgIpc) is 2.55. The van der Waals surface area contributed by atoms with Gasteiger partial charge in [0.2, 0.25) is 0 Å². The van der Waals surface area contributed by atoms with Gasteiger partial charge >= 0.3 is 5.97 Å². The molecule has 0 spiro atoms. The van der Waals surface area contributed by atoms with Crippen LogP contribution in [0.5, 0.6) is 0 Å². The summed E-state index contributed by atoms with van der Waals surface area (Å²) < 4.78 is 0. The van der Waals surface area contributed by atoms with Gasteiger partial charge in [0.05, 0.1) is 5.41 Å². The topological polar surface area (TPSA) is 40.5 Å². The molecule has 2 rings (SSSR count). The predicted molar refractivity (Wildman–Crippen MR) is 95.3 cm³/mol. The van der Waals surface area contributed by atoms with E-state index in [2.05, 4.69) is 38.8 Å². The molecule has 2 aliphatic rings. The van der Waals surface area contributed by atoms with Crippen molar-refractivity contribution in [1.29, 1.82) is 0 Å². The molecular formula is C20H33NO2. The zero-order valence-electron chi connectivity index (χ0n) is 15.2. The van der Waals surface area contributed by atoms with Gasteiger partial charge in [0.15, 0.2) is 0 Å². The lowest BCUT2D eigenvalue weighted by Crippen LogP contribution is -2.49. The number of carbonyl (C=O) groups is 1. The minimum atomic E-state index is -0.786. The molecule has 1 saturated carbocycles. The molecular weight excluding hydrogens is 286 g/mol. The highest BCUT2D eigenvalue weighted by molar-refractivity contribution is 5.79. The minimum absolute atomic E-state index is 0.0553. The molecule has 0 aliphatic heterocycles. The standard InChI is InChI=1S/C20H33NO2/c1-15(2)18-12-8-9-13-20(18,19(22)23)16(3)14-21(4)17-10-6-5-7-11-17/h8-9,12-13,15-18H,5-7,10-11,14H2,1-4H3,(H,22,23). The summed E-state index contributed by atoms with van der Waals surface area (Å²) in [5.74, 6) is -0.226. The number of nitrogens with zero attached hydrogens (tertiary/aromatic N) is 1. The Labute approximate surface area is 141 Å². The van der Waals surface area contributed by atoms with Crippen molar-refractivity contribution in [1.82, 2.24) is 4.90 Å². The van der Waals surface area contributed by atoms with Crippen molar-refractivity contribution < 1.29 is 9.90 Å². The third kappa shape index (κ3) is 3.71. The molecule has 0 aromatic rings. The number of hydrogen-bond donors (Lipinski definition) is 1. The second kappa shape index (κ2) is 7.65. The van der Waals surface area contributed by atoms with Gasteiger partial charge in [0.25, 0.3) is 0 Å². The summed E-state index contributed by atoms with van der Waals surface area (Å²) in [4.78, 5) is 14.7. The van der Waals surface area contributed by atoms with Gasteiger partial charge in [0, 0.05) is 12.6 Å². The lowest BCUT2D eigenvalue weighted by atomic mass is 9.61. The van der Waals surface area contributed by atoms with Crippen molar-refractivity contribution in [3.63, 3.8) is 0 Å². The molecule has 1 N–H and O–H groups in total. The van der Waals surface area contributed by atoms with Crippen molar-refractivity contribution in [2.45, 2.75) is 58.9 Å². The number of rotatable bonds is 6. The van der Waals surface area contributed by atoms with Gasteiger partial charge in [-0.2, -0.15) is 0 Å². The van der Waals surface area contributed by atoms with E-state index in [1.165, 1.54) is 32.1 Å². The lowest BCUT2D eigenvalue weighted by Gasteiger charge is -2.44. The molecule has 0 saturated heterocycles. The smallest absolute Gasteiger partial charge is 0.314 e. The van der Waals surface area contributed by atoms with Crippen LogP contribution in [0.25, 0.3) is 0 Å². The molecule has 3 unspecified atom stereocenters. The zero-order valence-corrected chi connectivity index (χ0v) is 15.2. The van der Waals surface area contributed by atoms with Gasteiger partial charge in [-0.15, -0.1) is 0 Å². The molecule has 1 fully saturated rings. The molecule has 23 heavy (non-hydrogen) atoms. The number of aliphatic carboxylic acids is 1. The molecule has 2 aliphatic carbocycles. The Kier molecular flexibility index (Phi) is 6.07. The third-order valence-corrected chi connectivity index (χ3v) is 6.02. The fourth-order valence-corrected chi connectivity index (χ4v) is 4.61. The summed E-state index contributed by atoms with van der Waals surface area (Å²) in [6, 6.07) is 0.623. The molecule has 0 aromatic heterocycles. The molecule has 3 atom stereocenters. The number of allylic oxidation sites excluding steroid dienone is 3. The third-order valence-electron chi connectivity index (χ3n) is 6.02. The molecule has 0 radical (unpaired) electrons. The fourth-order valence-electron chi connectivity index (χ4n) is 4.61. The number of hydrogen-bond acceptors (Lipinski definition) is 2. The first-order valence-electron chi connectivity index (χ1n) is 9.19. The molecule has 3 heteroatoms. The van der Waals surface area contributed by atoms with E-state index in [9.17, 15) is 9.90 Å². The summed E-state index contributed by atoms with van der Waals surface area (Å²) in [6.45, 7) is 7.22. The second-order valence-corrected chi connectivity index (χ2v) is 7.88. The largest absolute Gasteiger partial charge is 0.481 e. The summed E-state index contributed by atoms with van der Waals surface area (Å²) in [5, 5.41) is 10.1. The van der Waals surface area contributed by atoms with E-state index in [1.54, 1.807) is 0 Å². The first kappa shape index (κ1) is 18.3. The van der Waals surface area contributed by atoms with Gasteiger partial charge in [-0.1, -0.05) is 64.3 Å².